The molecule has 1 aromatic carbocycles. The largest absolute Gasteiger partial charge is 0.314 e. The van der Waals surface area contributed by atoms with Crippen molar-refractivity contribution >= 4 is 15.9 Å². The molecule has 0 aliphatic rings. The smallest absolute Gasteiger partial charge is 0.0969 e. The van der Waals surface area contributed by atoms with Gasteiger partial charge in [-0.2, -0.15) is 15.0 Å². The molecule has 0 atom stereocenters. The van der Waals surface area contributed by atoms with Crippen molar-refractivity contribution in [3.05, 3.63) is 40.1 Å². The van der Waals surface area contributed by atoms with Crippen molar-refractivity contribution in [3.8, 4) is 5.69 Å². The minimum absolute atomic E-state index is 0.732. The Morgan fingerprint density at radius 1 is 1.44 bits per heavy atom. The molecule has 4 nitrogen and oxygen atoms in total. The zero-order valence-corrected chi connectivity index (χ0v) is 10.8. The van der Waals surface area contributed by atoms with Crippen LogP contribution in [0.1, 0.15) is 11.3 Å². The van der Waals surface area contributed by atoms with Gasteiger partial charge >= 0.3 is 0 Å². The summed E-state index contributed by atoms with van der Waals surface area (Å²) in [7, 11) is 1.89. The molecule has 0 fully saturated rings. The van der Waals surface area contributed by atoms with Gasteiger partial charge in [0.05, 0.1) is 17.6 Å². The molecule has 0 saturated heterocycles. The Balaban J connectivity index is 2.35. The van der Waals surface area contributed by atoms with Crippen LogP contribution in [-0.2, 0) is 6.54 Å². The lowest BCUT2D eigenvalue weighted by Gasteiger charge is -2.04. The van der Waals surface area contributed by atoms with E-state index in [0.717, 1.165) is 28.0 Å². The predicted molar refractivity (Wildman–Crippen MR) is 66.6 cm³/mol. The van der Waals surface area contributed by atoms with E-state index in [-0.39, 0.29) is 0 Å². The highest BCUT2D eigenvalue weighted by atomic mass is 79.9. The van der Waals surface area contributed by atoms with Crippen LogP contribution in [0.5, 0.6) is 0 Å². The van der Waals surface area contributed by atoms with Gasteiger partial charge in [-0.1, -0.05) is 15.9 Å². The minimum Gasteiger partial charge on any atom is -0.314 e. The van der Waals surface area contributed by atoms with Crippen LogP contribution >= 0.6 is 15.9 Å². The summed E-state index contributed by atoms with van der Waals surface area (Å²) in [5.41, 5.74) is 3.08. The van der Waals surface area contributed by atoms with Crippen LogP contribution in [0.2, 0.25) is 0 Å². The van der Waals surface area contributed by atoms with Gasteiger partial charge in [0.15, 0.2) is 0 Å². The third-order valence-corrected chi connectivity index (χ3v) is 2.76. The molecule has 0 aliphatic carbocycles. The molecule has 2 aromatic rings. The van der Waals surface area contributed by atoms with E-state index in [1.54, 1.807) is 11.0 Å². The van der Waals surface area contributed by atoms with E-state index in [1.165, 1.54) is 0 Å². The van der Waals surface area contributed by atoms with E-state index in [0.29, 0.717) is 0 Å². The van der Waals surface area contributed by atoms with E-state index in [9.17, 15) is 0 Å². The van der Waals surface area contributed by atoms with Gasteiger partial charge in [0.1, 0.15) is 0 Å². The summed E-state index contributed by atoms with van der Waals surface area (Å²) in [6, 6.07) is 6.04. The monoisotopic (exact) mass is 280 g/mol. The Labute approximate surface area is 103 Å². The lowest BCUT2D eigenvalue weighted by Crippen LogP contribution is -2.07. The lowest BCUT2D eigenvalue weighted by atomic mass is 10.2. The van der Waals surface area contributed by atoms with Crippen molar-refractivity contribution < 1.29 is 0 Å². The summed E-state index contributed by atoms with van der Waals surface area (Å²) >= 11 is 3.44. The van der Waals surface area contributed by atoms with Gasteiger partial charge in [0.2, 0.25) is 0 Å². The van der Waals surface area contributed by atoms with Crippen molar-refractivity contribution in [2.45, 2.75) is 13.5 Å². The Morgan fingerprint density at radius 3 is 2.94 bits per heavy atom. The average Bonchev–Trinajstić information content (AvgIpc) is 2.67. The molecule has 5 heteroatoms. The van der Waals surface area contributed by atoms with Gasteiger partial charge in [-0.05, 0) is 37.7 Å². The third-order valence-electron chi connectivity index (χ3n) is 2.27. The normalized spacial score (nSPS) is 10.7. The molecule has 0 amide bonds. The molecule has 0 radical (unpaired) electrons. The van der Waals surface area contributed by atoms with Crippen LogP contribution in [-0.4, -0.2) is 22.0 Å². The minimum atomic E-state index is 0.732. The summed E-state index contributed by atoms with van der Waals surface area (Å²) in [4.78, 5) is 1.66. The highest BCUT2D eigenvalue weighted by Gasteiger charge is 2.05. The topological polar surface area (TPSA) is 42.7 Å². The average molecular weight is 281 g/mol. The molecule has 2 rings (SSSR count). The van der Waals surface area contributed by atoms with E-state index in [2.05, 4.69) is 37.5 Å². The zero-order valence-electron chi connectivity index (χ0n) is 9.24. The summed E-state index contributed by atoms with van der Waals surface area (Å²) < 4.78 is 1.07. The van der Waals surface area contributed by atoms with Gasteiger partial charge in [-0.15, -0.1) is 0 Å². The molecule has 0 saturated carbocycles. The van der Waals surface area contributed by atoms with Crippen LogP contribution < -0.4 is 5.32 Å². The van der Waals surface area contributed by atoms with Crippen molar-refractivity contribution in [3.63, 3.8) is 0 Å². The van der Waals surface area contributed by atoms with Crippen molar-refractivity contribution in [2.75, 3.05) is 7.05 Å². The van der Waals surface area contributed by atoms with Crippen molar-refractivity contribution in [1.29, 1.82) is 0 Å². The number of rotatable bonds is 3. The molecule has 0 bridgehead atoms. The molecule has 1 N–H and O–H groups in total. The van der Waals surface area contributed by atoms with E-state index < -0.39 is 0 Å². The molecule has 0 spiro atoms. The second kappa shape index (κ2) is 4.76. The number of aryl methyl sites for hydroxylation is 1. The maximum Gasteiger partial charge on any atom is 0.0969 e. The predicted octanol–water partition coefficient (Wildman–Crippen LogP) is 2.06. The molecular weight excluding hydrogens is 268 g/mol. The van der Waals surface area contributed by atoms with Crippen LogP contribution in [0.3, 0.4) is 0 Å². The maximum atomic E-state index is 4.39. The van der Waals surface area contributed by atoms with Gasteiger partial charge in [0, 0.05) is 11.0 Å². The number of halogens is 1. The van der Waals surface area contributed by atoms with Crippen LogP contribution in [0.4, 0.5) is 0 Å². The summed E-state index contributed by atoms with van der Waals surface area (Å²) in [6.07, 6.45) is 1.78. The number of benzene rings is 1. The first kappa shape index (κ1) is 11.3. The maximum absolute atomic E-state index is 4.39. The Hall–Kier alpha value is -1.20. The second-order valence-electron chi connectivity index (χ2n) is 3.59. The fourth-order valence-electron chi connectivity index (χ4n) is 1.52. The van der Waals surface area contributed by atoms with Gasteiger partial charge in [-0.3, -0.25) is 0 Å². The molecule has 1 heterocycles. The van der Waals surface area contributed by atoms with E-state index >= 15 is 0 Å². The van der Waals surface area contributed by atoms with E-state index in [1.807, 2.05) is 26.1 Å². The number of aromatic nitrogens is 3. The first-order chi connectivity index (χ1) is 7.70. The van der Waals surface area contributed by atoms with Crippen molar-refractivity contribution in [2.24, 2.45) is 0 Å². The fraction of sp³-hybridized carbons (Fsp3) is 0.273. The Bertz CT molecular complexity index is 492. The first-order valence-electron chi connectivity index (χ1n) is 5.03. The number of hydrogen-bond acceptors (Lipinski definition) is 3. The second-order valence-corrected chi connectivity index (χ2v) is 4.50. The van der Waals surface area contributed by atoms with Gasteiger partial charge in [-0.25, -0.2) is 0 Å². The number of hydrogen-bond donors (Lipinski definition) is 1. The van der Waals surface area contributed by atoms with Crippen molar-refractivity contribution in [1.82, 2.24) is 20.3 Å². The SMILES string of the molecule is CNCc1cnn(-c2ccc(Br)cc2C)n1. The molecule has 1 aromatic heterocycles. The number of nitrogens with one attached hydrogen (secondary N) is 1. The first-order valence-corrected chi connectivity index (χ1v) is 5.82. The number of nitrogens with zero attached hydrogens (tertiary/aromatic N) is 3. The zero-order chi connectivity index (χ0) is 11.5. The molecule has 0 unspecified atom stereocenters. The lowest BCUT2D eigenvalue weighted by molar-refractivity contribution is 0.713. The van der Waals surface area contributed by atoms with Crippen LogP contribution in [0, 0.1) is 6.92 Å². The molecule has 84 valence electrons. The highest BCUT2D eigenvalue weighted by molar-refractivity contribution is 9.10. The Kier molecular flexibility index (Phi) is 3.36. The van der Waals surface area contributed by atoms with Crippen LogP contribution in [0.15, 0.2) is 28.9 Å². The quantitative estimate of drug-likeness (QED) is 0.936. The summed E-state index contributed by atoms with van der Waals surface area (Å²) in [5, 5.41) is 11.7. The molecule has 0 aliphatic heterocycles. The highest BCUT2D eigenvalue weighted by Crippen LogP contribution is 2.18. The fourth-order valence-corrected chi connectivity index (χ4v) is 1.99. The van der Waals surface area contributed by atoms with Crippen LogP contribution in [0.25, 0.3) is 5.69 Å². The van der Waals surface area contributed by atoms with Gasteiger partial charge < -0.3 is 5.32 Å². The summed E-state index contributed by atoms with van der Waals surface area (Å²) in [6.45, 7) is 2.77. The third kappa shape index (κ3) is 2.31. The van der Waals surface area contributed by atoms with E-state index in [4.69, 9.17) is 0 Å². The molecular formula is C11H13BrN4. The Morgan fingerprint density at radius 2 is 2.25 bits per heavy atom. The molecule has 16 heavy (non-hydrogen) atoms. The standard InChI is InChI=1S/C11H13BrN4/c1-8-5-9(12)3-4-11(8)16-14-7-10(15-16)6-13-2/h3-5,7,13H,6H2,1-2H3. The summed E-state index contributed by atoms with van der Waals surface area (Å²) in [5.74, 6) is 0. The van der Waals surface area contributed by atoms with Gasteiger partial charge in [0.25, 0.3) is 0 Å².